The van der Waals surface area contributed by atoms with E-state index in [0.717, 1.165) is 11.4 Å². The quantitative estimate of drug-likeness (QED) is 0.317. The van der Waals surface area contributed by atoms with Crippen LogP contribution in [0.5, 0.6) is 0 Å². The van der Waals surface area contributed by atoms with Gasteiger partial charge in [0.05, 0.1) is 38.7 Å². The predicted octanol–water partition coefficient (Wildman–Crippen LogP) is 0.993. The molecule has 0 aliphatic carbocycles. The monoisotopic (exact) mass is 505 g/mol. The first-order chi connectivity index (χ1) is 17.4. The highest BCUT2D eigenvalue weighted by Crippen LogP contribution is 2.32. The minimum absolute atomic E-state index is 0.0773. The zero-order valence-corrected chi connectivity index (χ0v) is 21.2. The summed E-state index contributed by atoms with van der Waals surface area (Å²) in [4.78, 5) is 27.6. The molecule has 0 bridgehead atoms. The van der Waals surface area contributed by atoms with E-state index in [-0.39, 0.29) is 56.1 Å². The molecule has 1 aromatic heterocycles. The number of ether oxygens (including phenoxy) is 5. The third-order valence-electron chi connectivity index (χ3n) is 5.87. The number of aliphatic hydroxyl groups excluding tert-OH is 1. The Morgan fingerprint density at radius 1 is 1.19 bits per heavy atom. The Labute approximate surface area is 210 Å². The molecule has 11 nitrogen and oxygen atoms in total. The molecule has 0 unspecified atom stereocenters. The van der Waals surface area contributed by atoms with Gasteiger partial charge in [-0.15, -0.1) is 0 Å². The molecule has 2 atom stereocenters. The van der Waals surface area contributed by atoms with E-state index < -0.39 is 12.6 Å². The van der Waals surface area contributed by atoms with Crippen LogP contribution in [0.4, 0.5) is 0 Å². The van der Waals surface area contributed by atoms with Crippen LogP contribution < -0.4 is 5.56 Å². The number of allylic oxidation sites excluding steroid dienone is 1. The second-order valence-electron chi connectivity index (χ2n) is 8.29. The van der Waals surface area contributed by atoms with Crippen LogP contribution in [0.1, 0.15) is 18.0 Å². The number of carbonyl (C=O) groups excluding carboxylic acids is 1. The van der Waals surface area contributed by atoms with Gasteiger partial charge in [0, 0.05) is 52.4 Å². The second-order valence-corrected chi connectivity index (χ2v) is 8.29. The summed E-state index contributed by atoms with van der Waals surface area (Å²) in [6, 6.07) is 10.9. The van der Waals surface area contributed by atoms with Crippen LogP contribution in [0.3, 0.4) is 0 Å². The molecule has 3 rings (SSSR count). The molecule has 1 amide bonds. The lowest BCUT2D eigenvalue weighted by atomic mass is 9.97. The summed E-state index contributed by atoms with van der Waals surface area (Å²) in [5.74, 6) is -0.574. The van der Waals surface area contributed by atoms with Gasteiger partial charge in [0.25, 0.3) is 11.5 Å². The van der Waals surface area contributed by atoms with Crippen molar-refractivity contribution in [3.8, 4) is 5.69 Å². The van der Waals surface area contributed by atoms with Crippen LogP contribution in [-0.2, 0) is 35.5 Å². The van der Waals surface area contributed by atoms with Crippen molar-refractivity contribution >= 4 is 5.91 Å². The van der Waals surface area contributed by atoms with E-state index in [9.17, 15) is 9.59 Å². The van der Waals surface area contributed by atoms with Crippen LogP contribution in [0, 0.1) is 0 Å². The summed E-state index contributed by atoms with van der Waals surface area (Å²) in [7, 11) is 6.43. The predicted molar refractivity (Wildman–Crippen MR) is 131 cm³/mol. The Kier molecular flexibility index (Phi) is 10.3. The number of amides is 1. The molecular formula is C25H35N3O8. The average molecular weight is 506 g/mol. The Morgan fingerprint density at radius 3 is 2.58 bits per heavy atom. The highest BCUT2D eigenvalue weighted by Gasteiger charge is 2.32. The van der Waals surface area contributed by atoms with Crippen molar-refractivity contribution in [2.75, 3.05) is 54.2 Å². The molecule has 1 aliphatic rings. The Balaban J connectivity index is 1.87. The number of rotatable bonds is 13. The third-order valence-corrected chi connectivity index (χ3v) is 5.87. The smallest absolute Gasteiger partial charge is 0.288 e. The van der Waals surface area contributed by atoms with Crippen LogP contribution in [0.2, 0.25) is 0 Å². The standard InChI is InChI=1S/C25H35N3O8/c1-26(17-24(32-3)33-4)25(31)21-14-18(15-23(36-21)35-13-12-34-11-10-29)20-16-22(30)28(27(20)2)19-8-6-5-7-9-19/h5-9,14,16,18,23-24,29H,10-13,15,17H2,1-4H3/t18-,23+/m1/s1. The maximum absolute atomic E-state index is 13.2. The van der Waals surface area contributed by atoms with Crippen LogP contribution in [0.25, 0.3) is 5.69 Å². The van der Waals surface area contributed by atoms with E-state index in [4.69, 9.17) is 28.8 Å². The molecule has 11 heteroatoms. The van der Waals surface area contributed by atoms with E-state index in [1.54, 1.807) is 35.6 Å². The maximum Gasteiger partial charge on any atom is 0.288 e. The molecular weight excluding hydrogens is 470 g/mol. The average Bonchev–Trinajstić information content (AvgIpc) is 3.20. The van der Waals surface area contributed by atoms with E-state index >= 15 is 0 Å². The third kappa shape index (κ3) is 6.83. The van der Waals surface area contributed by atoms with Crippen molar-refractivity contribution in [2.45, 2.75) is 24.9 Å². The summed E-state index contributed by atoms with van der Waals surface area (Å²) in [5, 5.41) is 8.87. The van der Waals surface area contributed by atoms with Crippen molar-refractivity contribution in [1.29, 1.82) is 0 Å². The molecule has 1 aliphatic heterocycles. The number of methoxy groups -OCH3 is 2. The zero-order valence-electron chi connectivity index (χ0n) is 21.2. The van der Waals surface area contributed by atoms with Crippen molar-refractivity contribution < 1.29 is 33.6 Å². The van der Waals surface area contributed by atoms with E-state index in [1.807, 2.05) is 30.3 Å². The summed E-state index contributed by atoms with van der Waals surface area (Å²) < 4.78 is 30.8. The second kappa shape index (κ2) is 13.4. The van der Waals surface area contributed by atoms with Crippen molar-refractivity contribution in [3.63, 3.8) is 0 Å². The zero-order chi connectivity index (χ0) is 26.1. The fourth-order valence-electron chi connectivity index (χ4n) is 4.02. The normalized spacial score (nSPS) is 17.7. The molecule has 0 saturated carbocycles. The number of hydrogen-bond acceptors (Lipinski definition) is 8. The Bertz CT molecular complexity index is 1060. The lowest BCUT2D eigenvalue weighted by molar-refractivity contribution is -0.161. The number of hydrogen-bond donors (Lipinski definition) is 1. The molecule has 1 aromatic carbocycles. The van der Waals surface area contributed by atoms with Gasteiger partial charge in [-0.25, -0.2) is 4.68 Å². The molecule has 0 saturated heterocycles. The highest BCUT2D eigenvalue weighted by molar-refractivity contribution is 5.91. The molecule has 36 heavy (non-hydrogen) atoms. The van der Waals surface area contributed by atoms with Gasteiger partial charge in [-0.2, -0.15) is 0 Å². The molecule has 0 radical (unpaired) electrons. The van der Waals surface area contributed by atoms with Crippen LogP contribution in [0.15, 0.2) is 53.0 Å². The molecule has 2 aromatic rings. The van der Waals surface area contributed by atoms with E-state index in [0.29, 0.717) is 6.42 Å². The van der Waals surface area contributed by atoms with Gasteiger partial charge >= 0.3 is 0 Å². The summed E-state index contributed by atoms with van der Waals surface area (Å²) in [6.45, 7) is 0.812. The number of likely N-dealkylation sites (N-methyl/N-ethyl adjacent to an activating group) is 1. The number of nitrogens with zero attached hydrogens (tertiary/aromatic N) is 3. The van der Waals surface area contributed by atoms with Gasteiger partial charge in [-0.1, -0.05) is 18.2 Å². The van der Waals surface area contributed by atoms with Crippen molar-refractivity contribution in [2.24, 2.45) is 7.05 Å². The molecule has 1 N–H and O–H groups in total. The van der Waals surface area contributed by atoms with Gasteiger partial charge < -0.3 is 33.7 Å². The van der Waals surface area contributed by atoms with Crippen molar-refractivity contribution in [1.82, 2.24) is 14.3 Å². The van der Waals surface area contributed by atoms with Gasteiger partial charge in [0.2, 0.25) is 6.29 Å². The first-order valence-corrected chi connectivity index (χ1v) is 11.7. The molecule has 198 valence electrons. The van der Waals surface area contributed by atoms with Crippen LogP contribution >= 0.6 is 0 Å². The number of benzene rings is 1. The number of para-hydroxylation sites is 1. The Hall–Kier alpha value is -2.96. The lowest BCUT2D eigenvalue weighted by Crippen LogP contribution is -2.39. The van der Waals surface area contributed by atoms with Crippen molar-refractivity contribution in [3.05, 3.63) is 64.3 Å². The summed E-state index contributed by atoms with van der Waals surface area (Å²) in [6.07, 6.45) is 0.793. The van der Waals surface area contributed by atoms with Crippen LogP contribution in [-0.4, -0.2) is 92.1 Å². The SMILES string of the molecule is COC(CN(C)C(=O)C1=C[C@@H](c2cc(=O)n(-c3ccccc3)n2C)C[C@@H](OCCOCCO)O1)OC. The Morgan fingerprint density at radius 2 is 1.92 bits per heavy atom. The fraction of sp³-hybridized carbons (Fsp3) is 0.520. The van der Waals surface area contributed by atoms with Gasteiger partial charge in [0.1, 0.15) is 0 Å². The summed E-state index contributed by atoms with van der Waals surface area (Å²) in [5.41, 5.74) is 1.28. The van der Waals surface area contributed by atoms with E-state index in [2.05, 4.69) is 0 Å². The lowest BCUT2D eigenvalue weighted by Gasteiger charge is -2.31. The largest absolute Gasteiger partial charge is 0.459 e. The number of aliphatic hydroxyl groups is 1. The van der Waals surface area contributed by atoms with Gasteiger partial charge in [-0.3, -0.25) is 14.3 Å². The number of aromatic nitrogens is 2. The summed E-state index contributed by atoms with van der Waals surface area (Å²) >= 11 is 0. The maximum atomic E-state index is 13.2. The molecule has 0 spiro atoms. The number of carbonyl (C=O) groups is 1. The van der Waals surface area contributed by atoms with E-state index in [1.165, 1.54) is 19.1 Å². The highest BCUT2D eigenvalue weighted by atomic mass is 16.7. The first kappa shape index (κ1) is 27.6. The topological polar surface area (TPSA) is 114 Å². The first-order valence-electron chi connectivity index (χ1n) is 11.7. The minimum Gasteiger partial charge on any atom is -0.459 e. The fourth-order valence-corrected chi connectivity index (χ4v) is 4.02. The minimum atomic E-state index is -0.735. The van der Waals surface area contributed by atoms with Gasteiger partial charge in [-0.05, 0) is 18.2 Å². The molecule has 0 fully saturated rings. The van der Waals surface area contributed by atoms with Gasteiger partial charge in [0.15, 0.2) is 12.0 Å². The molecule has 2 heterocycles.